The first-order valence-corrected chi connectivity index (χ1v) is 9.65. The summed E-state index contributed by atoms with van der Waals surface area (Å²) < 4.78 is 5.15. The molecular formula is C20H23NO3S. The Morgan fingerprint density at radius 3 is 2.60 bits per heavy atom. The number of esters is 1. The Kier molecular flexibility index (Phi) is 5.87. The van der Waals surface area contributed by atoms with Gasteiger partial charge in [0.05, 0.1) is 12.2 Å². The van der Waals surface area contributed by atoms with E-state index in [4.69, 9.17) is 4.74 Å². The third-order valence-corrected chi connectivity index (χ3v) is 5.59. The van der Waals surface area contributed by atoms with Gasteiger partial charge in [-0.25, -0.2) is 4.79 Å². The van der Waals surface area contributed by atoms with Crippen molar-refractivity contribution >= 4 is 28.2 Å². The lowest BCUT2D eigenvalue weighted by molar-refractivity contribution is -0.117. The van der Waals surface area contributed by atoms with Crippen LogP contribution in [0.1, 0.15) is 49.4 Å². The molecule has 0 aliphatic heterocycles. The zero-order valence-electron chi connectivity index (χ0n) is 14.4. The van der Waals surface area contributed by atoms with Crippen molar-refractivity contribution in [3.63, 3.8) is 0 Å². The van der Waals surface area contributed by atoms with Crippen LogP contribution in [0.2, 0.25) is 0 Å². The van der Waals surface area contributed by atoms with Gasteiger partial charge < -0.3 is 10.1 Å². The molecule has 4 nitrogen and oxygen atoms in total. The van der Waals surface area contributed by atoms with Gasteiger partial charge in [-0.3, -0.25) is 4.79 Å². The third kappa shape index (κ3) is 4.48. The van der Waals surface area contributed by atoms with E-state index < -0.39 is 5.97 Å². The topological polar surface area (TPSA) is 55.4 Å². The Morgan fingerprint density at radius 1 is 1.20 bits per heavy atom. The zero-order chi connectivity index (χ0) is 17.6. The van der Waals surface area contributed by atoms with Gasteiger partial charge in [0.25, 0.3) is 0 Å². The molecule has 1 aromatic heterocycles. The van der Waals surface area contributed by atoms with Crippen LogP contribution in [-0.2, 0) is 9.53 Å². The SMILES string of the molecule is CCOC(=O)c1cc(-c2ccccc2)sc1NC(=O)CC1CCCC1. The standard InChI is InChI=1S/C20H23NO3S/c1-2-24-20(23)16-13-17(15-10-4-3-5-11-15)25-19(16)21-18(22)12-14-8-6-7-9-14/h3-5,10-11,13-14H,2,6-9,12H2,1H3,(H,21,22). The summed E-state index contributed by atoms with van der Waals surface area (Å²) in [5.41, 5.74) is 1.46. The van der Waals surface area contributed by atoms with Crippen LogP contribution in [0.4, 0.5) is 5.00 Å². The predicted molar refractivity (Wildman–Crippen MR) is 101 cm³/mol. The first-order chi connectivity index (χ1) is 12.2. The van der Waals surface area contributed by atoms with E-state index in [0.29, 0.717) is 29.5 Å². The number of amides is 1. The Hall–Kier alpha value is -2.14. The number of anilines is 1. The fourth-order valence-electron chi connectivity index (χ4n) is 3.24. The van der Waals surface area contributed by atoms with Gasteiger partial charge in [0.1, 0.15) is 5.00 Å². The van der Waals surface area contributed by atoms with Crippen molar-refractivity contribution in [3.05, 3.63) is 42.0 Å². The maximum atomic E-state index is 12.4. The third-order valence-electron chi connectivity index (χ3n) is 4.49. The summed E-state index contributed by atoms with van der Waals surface area (Å²) in [5, 5.41) is 3.53. The lowest BCUT2D eigenvalue weighted by Crippen LogP contribution is -2.16. The molecule has 1 aliphatic rings. The number of hydrogen-bond donors (Lipinski definition) is 1. The molecule has 1 aromatic carbocycles. The largest absolute Gasteiger partial charge is 0.462 e. The molecule has 1 amide bonds. The lowest BCUT2D eigenvalue weighted by atomic mass is 10.0. The van der Waals surface area contributed by atoms with E-state index >= 15 is 0 Å². The summed E-state index contributed by atoms with van der Waals surface area (Å²) in [7, 11) is 0. The van der Waals surface area contributed by atoms with Crippen LogP contribution >= 0.6 is 11.3 Å². The second-order valence-corrected chi connectivity index (χ2v) is 7.39. The normalized spacial score (nSPS) is 14.4. The highest BCUT2D eigenvalue weighted by atomic mass is 32.1. The first kappa shape index (κ1) is 17.7. The minimum absolute atomic E-state index is 0.0149. The summed E-state index contributed by atoms with van der Waals surface area (Å²) in [6.07, 6.45) is 5.20. The highest BCUT2D eigenvalue weighted by molar-refractivity contribution is 7.20. The fraction of sp³-hybridized carbons (Fsp3) is 0.400. The van der Waals surface area contributed by atoms with Crippen molar-refractivity contribution in [2.45, 2.75) is 39.0 Å². The number of thiophene rings is 1. The van der Waals surface area contributed by atoms with E-state index in [1.165, 1.54) is 24.2 Å². The molecule has 1 aliphatic carbocycles. The number of ether oxygens (including phenoxy) is 1. The van der Waals surface area contributed by atoms with Crippen molar-refractivity contribution in [1.82, 2.24) is 0 Å². The molecule has 0 bridgehead atoms. The fourth-order valence-corrected chi connectivity index (χ4v) is 4.31. The van der Waals surface area contributed by atoms with Crippen molar-refractivity contribution in [2.75, 3.05) is 11.9 Å². The molecule has 1 fully saturated rings. The van der Waals surface area contributed by atoms with Crippen LogP contribution in [0, 0.1) is 5.92 Å². The molecule has 0 spiro atoms. The van der Waals surface area contributed by atoms with E-state index in [0.717, 1.165) is 23.3 Å². The molecule has 2 aromatic rings. The highest BCUT2D eigenvalue weighted by Crippen LogP contribution is 2.36. The van der Waals surface area contributed by atoms with Crippen LogP contribution in [-0.4, -0.2) is 18.5 Å². The molecule has 25 heavy (non-hydrogen) atoms. The number of hydrogen-bond acceptors (Lipinski definition) is 4. The Balaban J connectivity index is 1.81. The molecule has 1 N–H and O–H groups in total. The van der Waals surface area contributed by atoms with Gasteiger partial charge in [-0.15, -0.1) is 11.3 Å². The summed E-state index contributed by atoms with van der Waals surface area (Å²) in [6, 6.07) is 11.7. The second kappa shape index (κ2) is 8.30. The summed E-state index contributed by atoms with van der Waals surface area (Å²) in [6.45, 7) is 2.09. The molecule has 132 valence electrons. The van der Waals surface area contributed by atoms with Crippen LogP contribution < -0.4 is 5.32 Å². The van der Waals surface area contributed by atoms with Crippen molar-refractivity contribution in [3.8, 4) is 10.4 Å². The molecule has 1 saturated carbocycles. The maximum Gasteiger partial charge on any atom is 0.341 e. The first-order valence-electron chi connectivity index (χ1n) is 8.83. The molecule has 0 radical (unpaired) electrons. The van der Waals surface area contributed by atoms with Crippen molar-refractivity contribution in [2.24, 2.45) is 5.92 Å². The Morgan fingerprint density at radius 2 is 1.92 bits per heavy atom. The minimum atomic E-state index is -0.392. The summed E-state index contributed by atoms with van der Waals surface area (Å²) >= 11 is 1.42. The zero-order valence-corrected chi connectivity index (χ0v) is 15.2. The van der Waals surface area contributed by atoms with Gasteiger partial charge in [-0.05, 0) is 37.3 Å². The molecule has 1 heterocycles. The van der Waals surface area contributed by atoms with E-state index in [1.54, 1.807) is 6.92 Å². The van der Waals surface area contributed by atoms with Crippen LogP contribution in [0.15, 0.2) is 36.4 Å². The van der Waals surface area contributed by atoms with E-state index in [-0.39, 0.29) is 5.91 Å². The van der Waals surface area contributed by atoms with E-state index in [9.17, 15) is 9.59 Å². The quantitative estimate of drug-likeness (QED) is 0.731. The van der Waals surface area contributed by atoms with Gasteiger partial charge in [-0.2, -0.15) is 0 Å². The second-order valence-electron chi connectivity index (χ2n) is 6.34. The molecular weight excluding hydrogens is 334 g/mol. The molecule has 0 atom stereocenters. The number of benzene rings is 1. The van der Waals surface area contributed by atoms with Crippen LogP contribution in [0.5, 0.6) is 0 Å². The van der Waals surface area contributed by atoms with Gasteiger partial charge in [0.2, 0.25) is 5.91 Å². The number of carbonyl (C=O) groups excluding carboxylic acids is 2. The molecule has 0 saturated heterocycles. The lowest BCUT2D eigenvalue weighted by Gasteiger charge is -2.09. The molecule has 3 rings (SSSR count). The molecule has 5 heteroatoms. The average Bonchev–Trinajstić information content (AvgIpc) is 3.26. The Bertz CT molecular complexity index is 733. The average molecular weight is 357 g/mol. The van der Waals surface area contributed by atoms with E-state index in [1.807, 2.05) is 36.4 Å². The van der Waals surface area contributed by atoms with Gasteiger partial charge in [0.15, 0.2) is 0 Å². The predicted octanol–water partition coefficient (Wildman–Crippen LogP) is 5.11. The van der Waals surface area contributed by atoms with Gasteiger partial charge >= 0.3 is 5.97 Å². The monoisotopic (exact) mass is 357 g/mol. The van der Waals surface area contributed by atoms with Crippen LogP contribution in [0.3, 0.4) is 0 Å². The highest BCUT2D eigenvalue weighted by Gasteiger charge is 2.22. The summed E-state index contributed by atoms with van der Waals surface area (Å²) in [5.74, 6) is 0.0654. The number of carbonyl (C=O) groups is 2. The number of nitrogens with one attached hydrogen (secondary N) is 1. The van der Waals surface area contributed by atoms with Gasteiger partial charge in [0, 0.05) is 11.3 Å². The van der Waals surface area contributed by atoms with Crippen LogP contribution in [0.25, 0.3) is 10.4 Å². The van der Waals surface area contributed by atoms with E-state index in [2.05, 4.69) is 5.32 Å². The van der Waals surface area contributed by atoms with Crippen molar-refractivity contribution < 1.29 is 14.3 Å². The smallest absolute Gasteiger partial charge is 0.341 e. The van der Waals surface area contributed by atoms with Gasteiger partial charge in [-0.1, -0.05) is 43.2 Å². The summed E-state index contributed by atoms with van der Waals surface area (Å²) in [4.78, 5) is 25.6. The Labute approximate surface area is 152 Å². The maximum absolute atomic E-state index is 12.4. The molecule has 0 unspecified atom stereocenters. The minimum Gasteiger partial charge on any atom is -0.462 e. The number of rotatable bonds is 6. The van der Waals surface area contributed by atoms with Crippen molar-refractivity contribution in [1.29, 1.82) is 0 Å².